The van der Waals surface area contributed by atoms with Crippen LogP contribution in [0.2, 0.25) is 0 Å². The Labute approximate surface area is 98.2 Å². The second kappa shape index (κ2) is 4.76. The lowest BCUT2D eigenvalue weighted by atomic mass is 10.0. The zero-order chi connectivity index (χ0) is 11.5. The number of hydrogen-bond acceptors (Lipinski definition) is 2. The maximum atomic E-state index is 13.4. The van der Waals surface area contributed by atoms with Crippen LogP contribution in [0.3, 0.4) is 0 Å². The van der Waals surface area contributed by atoms with Gasteiger partial charge in [0.25, 0.3) is 0 Å². The molecule has 1 N–H and O–H groups in total. The van der Waals surface area contributed by atoms with Gasteiger partial charge in [0.1, 0.15) is 5.82 Å². The number of aryl methyl sites for hydroxylation is 1. The number of aliphatic hydroxyl groups excluding tert-OH is 1. The Hall–Kier alpha value is -1.19. The molecule has 84 valence electrons. The molecule has 2 aromatic rings. The first-order valence-corrected chi connectivity index (χ1v) is 6.07. The summed E-state index contributed by atoms with van der Waals surface area (Å²) >= 11 is 1.56. The molecule has 0 saturated carbocycles. The normalized spacial score (nSPS) is 12.7. The minimum absolute atomic E-state index is 0.255. The van der Waals surface area contributed by atoms with Gasteiger partial charge >= 0.3 is 0 Å². The highest BCUT2D eigenvalue weighted by atomic mass is 32.1. The molecular formula is C13H13FOS. The molecule has 3 heteroatoms. The van der Waals surface area contributed by atoms with Crippen molar-refractivity contribution in [2.75, 3.05) is 0 Å². The molecule has 16 heavy (non-hydrogen) atoms. The van der Waals surface area contributed by atoms with Gasteiger partial charge in [-0.25, -0.2) is 4.39 Å². The molecule has 0 aliphatic carbocycles. The molecule has 0 fully saturated rings. The van der Waals surface area contributed by atoms with Crippen LogP contribution in [0.15, 0.2) is 35.0 Å². The summed E-state index contributed by atoms with van der Waals surface area (Å²) in [6, 6.07) is 6.56. The quantitative estimate of drug-likeness (QED) is 0.865. The number of aliphatic hydroxyl groups is 1. The minimum atomic E-state index is -0.622. The van der Waals surface area contributed by atoms with Gasteiger partial charge in [-0.15, -0.1) is 0 Å². The van der Waals surface area contributed by atoms with E-state index in [-0.39, 0.29) is 5.82 Å². The van der Waals surface area contributed by atoms with Gasteiger partial charge in [0, 0.05) is 6.42 Å². The van der Waals surface area contributed by atoms with Crippen LogP contribution in [-0.4, -0.2) is 5.11 Å². The van der Waals surface area contributed by atoms with Crippen molar-refractivity contribution in [1.82, 2.24) is 0 Å². The number of halogens is 1. The molecule has 0 spiro atoms. The van der Waals surface area contributed by atoms with Crippen molar-refractivity contribution in [3.8, 4) is 0 Å². The van der Waals surface area contributed by atoms with Crippen LogP contribution in [0.5, 0.6) is 0 Å². The van der Waals surface area contributed by atoms with Gasteiger partial charge in [0.2, 0.25) is 0 Å². The molecule has 0 aliphatic rings. The molecule has 1 nitrogen and oxygen atoms in total. The van der Waals surface area contributed by atoms with E-state index in [0.29, 0.717) is 12.0 Å². The standard InChI is InChI=1S/C13H13FOS/c1-9-7-16-8-11(9)13(15)6-10-4-2-3-5-12(10)14/h2-5,7-8,13,15H,6H2,1H3. The van der Waals surface area contributed by atoms with Crippen LogP contribution in [0.1, 0.15) is 22.8 Å². The van der Waals surface area contributed by atoms with E-state index >= 15 is 0 Å². The van der Waals surface area contributed by atoms with E-state index < -0.39 is 6.10 Å². The van der Waals surface area contributed by atoms with Crippen molar-refractivity contribution in [3.05, 3.63) is 57.5 Å². The van der Waals surface area contributed by atoms with Crippen LogP contribution in [0.4, 0.5) is 4.39 Å². The largest absolute Gasteiger partial charge is 0.388 e. The van der Waals surface area contributed by atoms with Crippen molar-refractivity contribution < 1.29 is 9.50 Å². The molecule has 0 bridgehead atoms. The Morgan fingerprint density at radius 3 is 2.69 bits per heavy atom. The van der Waals surface area contributed by atoms with Crippen LogP contribution in [-0.2, 0) is 6.42 Å². The highest BCUT2D eigenvalue weighted by Crippen LogP contribution is 2.25. The first-order valence-electron chi connectivity index (χ1n) is 5.12. The van der Waals surface area contributed by atoms with Crippen molar-refractivity contribution in [1.29, 1.82) is 0 Å². The van der Waals surface area contributed by atoms with Crippen LogP contribution in [0, 0.1) is 12.7 Å². The lowest BCUT2D eigenvalue weighted by molar-refractivity contribution is 0.177. The lowest BCUT2D eigenvalue weighted by Crippen LogP contribution is -2.03. The maximum absolute atomic E-state index is 13.4. The molecule has 1 atom stereocenters. The summed E-state index contributed by atoms with van der Waals surface area (Å²) in [6.07, 6.45) is -0.298. The third-order valence-corrected chi connectivity index (χ3v) is 3.50. The van der Waals surface area contributed by atoms with Gasteiger partial charge in [-0.05, 0) is 40.4 Å². The number of hydrogen-bond donors (Lipinski definition) is 1. The Morgan fingerprint density at radius 2 is 2.06 bits per heavy atom. The molecule has 0 saturated heterocycles. The molecule has 0 radical (unpaired) electrons. The smallest absolute Gasteiger partial charge is 0.126 e. The second-order valence-corrected chi connectivity index (χ2v) is 4.57. The van der Waals surface area contributed by atoms with Crippen molar-refractivity contribution >= 4 is 11.3 Å². The Balaban J connectivity index is 2.17. The predicted octanol–water partition coefficient (Wildman–Crippen LogP) is 3.47. The summed E-state index contributed by atoms with van der Waals surface area (Å²) in [5.74, 6) is -0.255. The highest BCUT2D eigenvalue weighted by molar-refractivity contribution is 7.08. The predicted molar refractivity (Wildman–Crippen MR) is 64.1 cm³/mol. The van der Waals surface area contributed by atoms with E-state index in [9.17, 15) is 9.50 Å². The Morgan fingerprint density at radius 1 is 1.31 bits per heavy atom. The maximum Gasteiger partial charge on any atom is 0.126 e. The average Bonchev–Trinajstić information content (AvgIpc) is 2.68. The Bertz CT molecular complexity index is 478. The van der Waals surface area contributed by atoms with Crippen molar-refractivity contribution in [2.45, 2.75) is 19.4 Å². The van der Waals surface area contributed by atoms with Gasteiger partial charge in [-0.2, -0.15) is 11.3 Å². The molecular weight excluding hydrogens is 223 g/mol. The van der Waals surface area contributed by atoms with E-state index in [2.05, 4.69) is 0 Å². The third-order valence-electron chi connectivity index (χ3n) is 2.63. The zero-order valence-corrected chi connectivity index (χ0v) is 9.80. The number of thiophene rings is 1. The summed E-state index contributed by atoms with van der Waals surface area (Å²) in [4.78, 5) is 0. The molecule has 1 heterocycles. The van der Waals surface area contributed by atoms with Gasteiger partial charge in [0.05, 0.1) is 6.10 Å². The lowest BCUT2D eigenvalue weighted by Gasteiger charge is -2.11. The molecule has 0 aliphatic heterocycles. The minimum Gasteiger partial charge on any atom is -0.388 e. The summed E-state index contributed by atoms with van der Waals surface area (Å²) in [5, 5.41) is 13.9. The van der Waals surface area contributed by atoms with Gasteiger partial charge in [-0.3, -0.25) is 0 Å². The number of rotatable bonds is 3. The van der Waals surface area contributed by atoms with E-state index in [4.69, 9.17) is 0 Å². The van der Waals surface area contributed by atoms with Crippen LogP contribution >= 0.6 is 11.3 Å². The summed E-state index contributed by atoms with van der Waals surface area (Å²) < 4.78 is 13.4. The third kappa shape index (κ3) is 2.31. The highest BCUT2D eigenvalue weighted by Gasteiger charge is 2.13. The van der Waals surface area contributed by atoms with Gasteiger partial charge < -0.3 is 5.11 Å². The fraction of sp³-hybridized carbons (Fsp3) is 0.231. The summed E-state index contributed by atoms with van der Waals surface area (Å²) in [5.41, 5.74) is 2.52. The van der Waals surface area contributed by atoms with Crippen LogP contribution in [0.25, 0.3) is 0 Å². The summed E-state index contributed by atoms with van der Waals surface area (Å²) in [6.45, 7) is 1.95. The fourth-order valence-corrected chi connectivity index (χ4v) is 2.59. The molecule has 0 amide bonds. The molecule has 1 aromatic heterocycles. The first-order chi connectivity index (χ1) is 7.68. The monoisotopic (exact) mass is 236 g/mol. The van der Waals surface area contributed by atoms with Gasteiger partial charge in [0.15, 0.2) is 0 Å². The SMILES string of the molecule is Cc1cscc1C(O)Cc1ccccc1F. The van der Waals surface area contributed by atoms with Gasteiger partial charge in [-0.1, -0.05) is 18.2 Å². The Kier molecular flexibility index (Phi) is 3.36. The first kappa shape index (κ1) is 11.3. The summed E-state index contributed by atoms with van der Waals surface area (Å²) in [7, 11) is 0. The molecule has 2 rings (SSSR count). The molecule has 1 unspecified atom stereocenters. The number of benzene rings is 1. The second-order valence-electron chi connectivity index (χ2n) is 3.82. The van der Waals surface area contributed by atoms with Crippen LogP contribution < -0.4 is 0 Å². The van der Waals surface area contributed by atoms with E-state index in [0.717, 1.165) is 11.1 Å². The van der Waals surface area contributed by atoms with E-state index in [1.807, 2.05) is 17.7 Å². The van der Waals surface area contributed by atoms with E-state index in [1.165, 1.54) is 6.07 Å². The average molecular weight is 236 g/mol. The van der Waals surface area contributed by atoms with E-state index in [1.54, 1.807) is 29.5 Å². The topological polar surface area (TPSA) is 20.2 Å². The molecule has 1 aromatic carbocycles. The fourth-order valence-electron chi connectivity index (χ4n) is 1.69. The van der Waals surface area contributed by atoms with Crippen molar-refractivity contribution in [3.63, 3.8) is 0 Å². The van der Waals surface area contributed by atoms with Crippen molar-refractivity contribution in [2.24, 2.45) is 0 Å². The zero-order valence-electron chi connectivity index (χ0n) is 8.98.